The van der Waals surface area contributed by atoms with Crippen molar-refractivity contribution in [3.63, 3.8) is 0 Å². The Morgan fingerprint density at radius 2 is 1.88 bits per heavy atom. The number of imidazole rings is 1. The fourth-order valence-corrected chi connectivity index (χ4v) is 3.39. The number of nitrogens with one attached hydrogen (secondary N) is 1. The van der Waals surface area contributed by atoms with E-state index in [9.17, 15) is 4.79 Å². The van der Waals surface area contributed by atoms with Crippen LogP contribution in [0.1, 0.15) is 36.6 Å². The molecule has 0 radical (unpaired) electrons. The smallest absolute Gasteiger partial charge is 0.225 e. The molecule has 0 unspecified atom stereocenters. The SMILES string of the molecule is Cc1nn(C)c(C)c1CC(=O)NC(C)(C)c1nc2ccccc2n1C. The molecule has 0 aliphatic heterocycles. The van der Waals surface area contributed by atoms with Gasteiger partial charge >= 0.3 is 0 Å². The molecular weight excluding hydrogens is 314 g/mol. The van der Waals surface area contributed by atoms with Crippen molar-refractivity contribution in [2.24, 2.45) is 14.1 Å². The zero-order valence-corrected chi connectivity index (χ0v) is 15.7. The van der Waals surface area contributed by atoms with Crippen LogP contribution in [0.4, 0.5) is 0 Å². The zero-order chi connectivity index (χ0) is 18.4. The predicted octanol–water partition coefficient (Wildman–Crippen LogP) is 2.52. The minimum Gasteiger partial charge on any atom is -0.344 e. The number of hydrogen-bond donors (Lipinski definition) is 1. The molecule has 0 spiro atoms. The van der Waals surface area contributed by atoms with Gasteiger partial charge in [0, 0.05) is 25.4 Å². The summed E-state index contributed by atoms with van der Waals surface area (Å²) in [6.07, 6.45) is 0.318. The molecule has 0 saturated carbocycles. The Kier molecular flexibility index (Phi) is 4.14. The molecular formula is C19H25N5O. The van der Waals surface area contributed by atoms with E-state index >= 15 is 0 Å². The Morgan fingerprint density at radius 1 is 1.20 bits per heavy atom. The van der Waals surface area contributed by atoms with Crippen molar-refractivity contribution in [2.45, 2.75) is 39.7 Å². The van der Waals surface area contributed by atoms with Crippen LogP contribution in [0, 0.1) is 13.8 Å². The van der Waals surface area contributed by atoms with Gasteiger partial charge < -0.3 is 9.88 Å². The van der Waals surface area contributed by atoms with E-state index in [0.29, 0.717) is 6.42 Å². The predicted molar refractivity (Wildman–Crippen MR) is 98.3 cm³/mol. The Balaban J connectivity index is 1.85. The summed E-state index contributed by atoms with van der Waals surface area (Å²) in [5.41, 5.74) is 4.32. The largest absolute Gasteiger partial charge is 0.344 e. The first-order valence-electron chi connectivity index (χ1n) is 8.42. The Morgan fingerprint density at radius 3 is 2.48 bits per heavy atom. The number of para-hydroxylation sites is 2. The number of amides is 1. The van der Waals surface area contributed by atoms with Crippen LogP contribution in [0.2, 0.25) is 0 Å². The molecule has 0 bridgehead atoms. The second kappa shape index (κ2) is 6.02. The summed E-state index contributed by atoms with van der Waals surface area (Å²) in [5.74, 6) is 0.804. The highest BCUT2D eigenvalue weighted by Crippen LogP contribution is 2.24. The van der Waals surface area contributed by atoms with Crippen LogP contribution in [-0.4, -0.2) is 25.2 Å². The van der Waals surface area contributed by atoms with Crippen molar-refractivity contribution in [3.05, 3.63) is 47.0 Å². The topological polar surface area (TPSA) is 64.7 Å². The molecule has 6 heteroatoms. The molecule has 25 heavy (non-hydrogen) atoms. The van der Waals surface area contributed by atoms with E-state index in [2.05, 4.69) is 10.4 Å². The van der Waals surface area contributed by atoms with Gasteiger partial charge in [-0.05, 0) is 39.8 Å². The van der Waals surface area contributed by atoms with Crippen LogP contribution < -0.4 is 5.32 Å². The number of aryl methyl sites for hydroxylation is 3. The lowest BCUT2D eigenvalue weighted by molar-refractivity contribution is -0.122. The van der Waals surface area contributed by atoms with Gasteiger partial charge in [0.15, 0.2) is 0 Å². The van der Waals surface area contributed by atoms with Gasteiger partial charge in [-0.25, -0.2) is 4.98 Å². The highest BCUT2D eigenvalue weighted by atomic mass is 16.1. The average molecular weight is 339 g/mol. The van der Waals surface area contributed by atoms with Crippen LogP contribution in [0.15, 0.2) is 24.3 Å². The highest BCUT2D eigenvalue weighted by Gasteiger charge is 2.29. The molecule has 0 aliphatic rings. The number of carbonyl (C=O) groups is 1. The first-order valence-corrected chi connectivity index (χ1v) is 8.42. The number of fused-ring (bicyclic) bond motifs is 1. The summed E-state index contributed by atoms with van der Waals surface area (Å²) in [6, 6.07) is 7.98. The zero-order valence-electron chi connectivity index (χ0n) is 15.7. The minimum atomic E-state index is -0.575. The fourth-order valence-electron chi connectivity index (χ4n) is 3.39. The van der Waals surface area contributed by atoms with Crippen molar-refractivity contribution in [1.82, 2.24) is 24.6 Å². The molecule has 0 atom stereocenters. The van der Waals surface area contributed by atoms with Gasteiger partial charge in [0.05, 0.1) is 28.7 Å². The summed E-state index contributed by atoms with van der Waals surface area (Å²) >= 11 is 0. The van der Waals surface area contributed by atoms with E-state index < -0.39 is 5.54 Å². The molecule has 3 rings (SSSR count). The second-order valence-electron chi connectivity index (χ2n) is 7.11. The maximum absolute atomic E-state index is 12.7. The van der Waals surface area contributed by atoms with Crippen LogP contribution in [0.5, 0.6) is 0 Å². The van der Waals surface area contributed by atoms with E-state index in [0.717, 1.165) is 33.8 Å². The first kappa shape index (κ1) is 17.2. The van der Waals surface area contributed by atoms with E-state index in [-0.39, 0.29) is 5.91 Å². The summed E-state index contributed by atoms with van der Waals surface area (Å²) < 4.78 is 3.85. The number of rotatable bonds is 4. The van der Waals surface area contributed by atoms with Crippen LogP contribution >= 0.6 is 0 Å². The fraction of sp³-hybridized carbons (Fsp3) is 0.421. The van der Waals surface area contributed by atoms with Crippen LogP contribution in [0.3, 0.4) is 0 Å². The molecule has 3 aromatic rings. The Bertz CT molecular complexity index is 948. The monoisotopic (exact) mass is 339 g/mol. The quantitative estimate of drug-likeness (QED) is 0.794. The van der Waals surface area contributed by atoms with Gasteiger partial charge in [-0.2, -0.15) is 5.10 Å². The molecule has 6 nitrogen and oxygen atoms in total. The van der Waals surface area contributed by atoms with Crippen molar-refractivity contribution in [3.8, 4) is 0 Å². The third-order valence-electron chi connectivity index (χ3n) is 4.79. The number of aromatic nitrogens is 4. The summed E-state index contributed by atoms with van der Waals surface area (Å²) in [6.45, 7) is 7.88. The van der Waals surface area contributed by atoms with Gasteiger partial charge in [-0.3, -0.25) is 9.48 Å². The van der Waals surface area contributed by atoms with E-state index in [4.69, 9.17) is 4.98 Å². The standard InChI is InChI=1S/C19H25N5O/c1-12-14(13(2)24(6)22-12)11-17(25)21-19(3,4)18-20-15-9-7-8-10-16(15)23(18)5/h7-10H,11H2,1-6H3,(H,21,25). The summed E-state index contributed by atoms with van der Waals surface area (Å²) in [7, 11) is 3.88. The molecule has 0 fully saturated rings. The van der Waals surface area contributed by atoms with Crippen molar-refractivity contribution >= 4 is 16.9 Å². The van der Waals surface area contributed by atoms with Gasteiger partial charge in [0.1, 0.15) is 5.82 Å². The van der Waals surface area contributed by atoms with E-state index in [1.54, 1.807) is 0 Å². The third-order valence-corrected chi connectivity index (χ3v) is 4.79. The number of carbonyl (C=O) groups excluding carboxylic acids is 1. The molecule has 0 saturated heterocycles. The number of hydrogen-bond acceptors (Lipinski definition) is 3. The van der Waals surface area contributed by atoms with Crippen molar-refractivity contribution in [1.29, 1.82) is 0 Å². The van der Waals surface area contributed by atoms with E-state index in [1.807, 2.05) is 75.3 Å². The minimum absolute atomic E-state index is 0.0312. The number of nitrogens with zero attached hydrogens (tertiary/aromatic N) is 4. The maximum atomic E-state index is 12.7. The lowest BCUT2D eigenvalue weighted by atomic mass is 10.0. The van der Waals surface area contributed by atoms with Gasteiger partial charge in [0.25, 0.3) is 0 Å². The average Bonchev–Trinajstić information content (AvgIpc) is 3.00. The molecule has 0 aliphatic carbocycles. The van der Waals surface area contributed by atoms with Gasteiger partial charge in [-0.1, -0.05) is 12.1 Å². The summed E-state index contributed by atoms with van der Waals surface area (Å²) in [5, 5.41) is 7.51. The maximum Gasteiger partial charge on any atom is 0.225 e. The molecule has 1 amide bonds. The second-order valence-corrected chi connectivity index (χ2v) is 7.11. The van der Waals surface area contributed by atoms with Gasteiger partial charge in [-0.15, -0.1) is 0 Å². The highest BCUT2D eigenvalue weighted by molar-refractivity contribution is 5.80. The lowest BCUT2D eigenvalue weighted by Crippen LogP contribution is -2.43. The molecule has 2 heterocycles. The Labute approximate surface area is 147 Å². The molecule has 1 aromatic carbocycles. The Hall–Kier alpha value is -2.63. The van der Waals surface area contributed by atoms with Crippen LogP contribution in [0.25, 0.3) is 11.0 Å². The van der Waals surface area contributed by atoms with Gasteiger partial charge in [0.2, 0.25) is 5.91 Å². The van der Waals surface area contributed by atoms with Crippen LogP contribution in [-0.2, 0) is 30.8 Å². The lowest BCUT2D eigenvalue weighted by Gasteiger charge is -2.26. The van der Waals surface area contributed by atoms with Crippen molar-refractivity contribution in [2.75, 3.05) is 0 Å². The number of benzene rings is 1. The normalized spacial score (nSPS) is 11.9. The third kappa shape index (κ3) is 3.04. The molecule has 132 valence electrons. The van der Waals surface area contributed by atoms with Crippen molar-refractivity contribution < 1.29 is 4.79 Å². The molecule has 1 N–H and O–H groups in total. The summed E-state index contributed by atoms with van der Waals surface area (Å²) in [4.78, 5) is 17.4. The van der Waals surface area contributed by atoms with E-state index in [1.165, 1.54) is 0 Å². The first-order chi connectivity index (χ1) is 11.7. The molecule has 2 aromatic heterocycles.